The first-order valence-electron chi connectivity index (χ1n) is 7.91. The number of rotatable bonds is 4. The molecule has 4 N–H and O–H groups in total. The van der Waals surface area contributed by atoms with Gasteiger partial charge in [-0.3, -0.25) is 15.0 Å². The molecule has 132 valence electrons. The van der Waals surface area contributed by atoms with Crippen LogP contribution in [0.4, 0.5) is 9.59 Å². The molecule has 0 radical (unpaired) electrons. The predicted molar refractivity (Wildman–Crippen MR) is 85.8 cm³/mol. The largest absolute Gasteiger partial charge is 0.444 e. The van der Waals surface area contributed by atoms with Crippen molar-refractivity contribution >= 4 is 18.0 Å². The predicted octanol–water partition coefficient (Wildman–Crippen LogP) is 0.949. The number of piperidine rings is 1. The van der Waals surface area contributed by atoms with Crippen molar-refractivity contribution < 1.29 is 19.1 Å². The second-order valence-corrected chi connectivity index (χ2v) is 6.88. The van der Waals surface area contributed by atoms with Crippen LogP contribution in [0.25, 0.3) is 0 Å². The number of carbonyl (C=O) groups is 3. The van der Waals surface area contributed by atoms with E-state index in [1.807, 2.05) is 11.8 Å². The Balaban J connectivity index is 2.60. The number of nitrogens with one attached hydrogen (secondary N) is 2. The lowest BCUT2D eigenvalue weighted by Gasteiger charge is -2.39. The molecule has 23 heavy (non-hydrogen) atoms. The van der Waals surface area contributed by atoms with E-state index in [4.69, 9.17) is 10.5 Å². The third-order valence-corrected chi connectivity index (χ3v) is 3.60. The molecule has 8 nitrogen and oxygen atoms in total. The van der Waals surface area contributed by atoms with Gasteiger partial charge < -0.3 is 15.8 Å². The van der Waals surface area contributed by atoms with E-state index < -0.39 is 23.6 Å². The van der Waals surface area contributed by atoms with Crippen LogP contribution in [0.3, 0.4) is 0 Å². The Morgan fingerprint density at radius 1 is 1.30 bits per heavy atom. The average Bonchev–Trinajstić information content (AvgIpc) is 2.35. The summed E-state index contributed by atoms with van der Waals surface area (Å²) in [7, 11) is 0. The van der Waals surface area contributed by atoms with E-state index in [0.29, 0.717) is 0 Å². The van der Waals surface area contributed by atoms with Crippen LogP contribution >= 0.6 is 0 Å². The van der Waals surface area contributed by atoms with Crippen molar-refractivity contribution in [3.8, 4) is 0 Å². The number of hydrogen-bond donors (Lipinski definition) is 3. The Hall–Kier alpha value is -1.83. The highest BCUT2D eigenvalue weighted by atomic mass is 16.6. The third kappa shape index (κ3) is 7.32. The van der Waals surface area contributed by atoms with Gasteiger partial charge in [-0.2, -0.15) is 0 Å². The van der Waals surface area contributed by atoms with Crippen LogP contribution in [-0.2, 0) is 9.53 Å². The second kappa shape index (κ2) is 8.14. The van der Waals surface area contributed by atoms with E-state index in [2.05, 4.69) is 10.6 Å². The van der Waals surface area contributed by atoms with Gasteiger partial charge in [-0.05, 0) is 47.1 Å². The summed E-state index contributed by atoms with van der Waals surface area (Å²) in [5.74, 6) is -0.436. The molecule has 0 aromatic rings. The molecule has 0 spiro atoms. The summed E-state index contributed by atoms with van der Waals surface area (Å²) in [6.45, 7) is 8.11. The zero-order valence-electron chi connectivity index (χ0n) is 14.3. The molecule has 1 saturated heterocycles. The normalized spacial score (nSPS) is 20.4. The lowest BCUT2D eigenvalue weighted by atomic mass is 9.96. The van der Waals surface area contributed by atoms with Gasteiger partial charge in [0.1, 0.15) is 5.60 Å². The summed E-state index contributed by atoms with van der Waals surface area (Å²) >= 11 is 0. The van der Waals surface area contributed by atoms with Gasteiger partial charge in [0, 0.05) is 12.1 Å². The molecule has 0 aromatic heterocycles. The summed E-state index contributed by atoms with van der Waals surface area (Å²) in [6, 6.07) is -1.02. The first-order valence-corrected chi connectivity index (χ1v) is 7.91. The van der Waals surface area contributed by atoms with Crippen LogP contribution in [0, 0.1) is 0 Å². The fourth-order valence-electron chi connectivity index (χ4n) is 2.73. The van der Waals surface area contributed by atoms with Gasteiger partial charge in [-0.25, -0.2) is 9.59 Å². The Kier molecular flexibility index (Phi) is 6.80. The van der Waals surface area contributed by atoms with E-state index >= 15 is 0 Å². The molecule has 2 atom stereocenters. The summed E-state index contributed by atoms with van der Waals surface area (Å²) in [5, 5.41) is 4.89. The number of ether oxygens (including phenoxy) is 1. The van der Waals surface area contributed by atoms with E-state index in [1.54, 1.807) is 20.8 Å². The van der Waals surface area contributed by atoms with E-state index in [9.17, 15) is 14.4 Å². The highest BCUT2D eigenvalue weighted by Gasteiger charge is 2.30. The monoisotopic (exact) mass is 328 g/mol. The minimum absolute atomic E-state index is 0.00916. The number of imide groups is 1. The molecule has 1 rings (SSSR count). The number of amides is 4. The highest BCUT2D eigenvalue weighted by molar-refractivity contribution is 5.94. The minimum Gasteiger partial charge on any atom is -0.444 e. The van der Waals surface area contributed by atoms with Crippen LogP contribution in [-0.4, -0.2) is 53.7 Å². The van der Waals surface area contributed by atoms with Crippen LogP contribution < -0.4 is 16.4 Å². The standard InChI is InChI=1S/C15H28N4O4/c1-10(17-14(22)23-15(2,3)4)11-7-5-6-8-19(11)9-12(20)18-13(16)21/h10-11H,5-9H2,1-4H3,(H,17,22)(H3,16,18,20,21)/t10-,11-/m1/s1. The topological polar surface area (TPSA) is 114 Å². The van der Waals surface area contributed by atoms with Crippen LogP contribution in [0.5, 0.6) is 0 Å². The van der Waals surface area contributed by atoms with Crippen molar-refractivity contribution in [2.75, 3.05) is 13.1 Å². The van der Waals surface area contributed by atoms with Gasteiger partial charge >= 0.3 is 12.1 Å². The van der Waals surface area contributed by atoms with Gasteiger partial charge in [0.25, 0.3) is 0 Å². The fraction of sp³-hybridized carbons (Fsp3) is 0.800. The van der Waals surface area contributed by atoms with Gasteiger partial charge in [-0.15, -0.1) is 0 Å². The summed E-state index contributed by atoms with van der Waals surface area (Å²) < 4.78 is 5.26. The number of nitrogens with zero attached hydrogens (tertiary/aromatic N) is 1. The first-order chi connectivity index (χ1) is 10.6. The lowest BCUT2D eigenvalue weighted by molar-refractivity contribution is -0.122. The van der Waals surface area contributed by atoms with Gasteiger partial charge in [-0.1, -0.05) is 6.42 Å². The van der Waals surface area contributed by atoms with Crippen molar-refractivity contribution in [3.63, 3.8) is 0 Å². The summed E-state index contributed by atoms with van der Waals surface area (Å²) in [5.41, 5.74) is 4.40. The zero-order valence-corrected chi connectivity index (χ0v) is 14.3. The Morgan fingerprint density at radius 3 is 2.52 bits per heavy atom. The van der Waals surface area contributed by atoms with Gasteiger partial charge in [0.05, 0.1) is 6.54 Å². The molecule has 8 heteroatoms. The molecular weight excluding hydrogens is 300 g/mol. The number of alkyl carbamates (subject to hydrolysis) is 1. The van der Waals surface area contributed by atoms with Gasteiger partial charge in [0.15, 0.2) is 0 Å². The molecule has 0 saturated carbocycles. The highest BCUT2D eigenvalue weighted by Crippen LogP contribution is 2.20. The number of urea groups is 1. The molecule has 1 aliphatic rings. The maximum Gasteiger partial charge on any atom is 0.407 e. The van der Waals surface area contributed by atoms with E-state index in [0.717, 1.165) is 25.8 Å². The Morgan fingerprint density at radius 2 is 1.96 bits per heavy atom. The number of carbonyl (C=O) groups excluding carboxylic acids is 3. The molecular formula is C15H28N4O4. The lowest BCUT2D eigenvalue weighted by Crippen LogP contribution is -2.55. The second-order valence-electron chi connectivity index (χ2n) is 6.88. The Bertz CT molecular complexity index is 447. The van der Waals surface area contributed by atoms with Crippen molar-refractivity contribution in [3.05, 3.63) is 0 Å². The maximum absolute atomic E-state index is 11.9. The molecule has 4 amide bonds. The minimum atomic E-state index is -0.858. The third-order valence-electron chi connectivity index (χ3n) is 3.60. The number of likely N-dealkylation sites (tertiary alicyclic amines) is 1. The summed E-state index contributed by atoms with van der Waals surface area (Å²) in [4.78, 5) is 36.3. The van der Waals surface area contributed by atoms with Crippen LogP contribution in [0.1, 0.15) is 47.0 Å². The van der Waals surface area contributed by atoms with Crippen molar-refractivity contribution in [2.24, 2.45) is 5.73 Å². The first kappa shape index (κ1) is 19.2. The molecule has 1 heterocycles. The van der Waals surface area contributed by atoms with Gasteiger partial charge in [0.2, 0.25) is 5.91 Å². The molecule has 1 aliphatic heterocycles. The molecule has 0 aromatic carbocycles. The van der Waals surface area contributed by atoms with Crippen molar-refractivity contribution in [1.29, 1.82) is 0 Å². The van der Waals surface area contributed by atoms with Crippen LogP contribution in [0.2, 0.25) is 0 Å². The molecule has 0 unspecified atom stereocenters. The van der Waals surface area contributed by atoms with E-state index in [1.165, 1.54) is 0 Å². The quantitative estimate of drug-likeness (QED) is 0.711. The molecule has 0 bridgehead atoms. The van der Waals surface area contributed by atoms with Crippen LogP contribution in [0.15, 0.2) is 0 Å². The van der Waals surface area contributed by atoms with Crippen molar-refractivity contribution in [1.82, 2.24) is 15.5 Å². The zero-order chi connectivity index (χ0) is 17.6. The number of nitrogens with two attached hydrogens (primary N) is 1. The number of primary amides is 1. The number of hydrogen-bond acceptors (Lipinski definition) is 5. The smallest absolute Gasteiger partial charge is 0.407 e. The summed E-state index contributed by atoms with van der Waals surface area (Å²) in [6.07, 6.45) is 2.39. The molecule has 0 aliphatic carbocycles. The average molecular weight is 328 g/mol. The Labute approximate surface area is 137 Å². The SMILES string of the molecule is C[C@@H](NC(=O)OC(C)(C)C)[C@H]1CCCCN1CC(=O)NC(N)=O. The maximum atomic E-state index is 11.9. The fourth-order valence-corrected chi connectivity index (χ4v) is 2.73. The molecule has 1 fully saturated rings. The van der Waals surface area contributed by atoms with Crippen molar-refractivity contribution in [2.45, 2.75) is 64.6 Å². The van der Waals surface area contributed by atoms with E-state index in [-0.39, 0.29) is 18.6 Å².